The molecule has 117 valence electrons. The number of hydrogen-bond acceptors (Lipinski definition) is 1. The molecule has 0 aliphatic carbocycles. The third-order valence-electron chi connectivity index (χ3n) is 2.83. The molecule has 1 radical (unpaired) electrons. The number of ether oxygens (including phenoxy) is 1. The van der Waals surface area contributed by atoms with Gasteiger partial charge in [0.1, 0.15) is 5.75 Å². The van der Waals surface area contributed by atoms with Crippen LogP contribution in [0, 0.1) is 6.92 Å². The van der Waals surface area contributed by atoms with Crippen LogP contribution in [-0.2, 0) is 12.6 Å². The Kier molecular flexibility index (Phi) is 5.15. The molecule has 0 saturated heterocycles. The van der Waals surface area contributed by atoms with E-state index in [2.05, 4.69) is 6.92 Å². The van der Waals surface area contributed by atoms with E-state index in [9.17, 15) is 13.2 Å². The molecular weight excluding hydrogens is 360 g/mol. The number of hydrogen-bond donors (Lipinski definition) is 0. The maximum atomic E-state index is 12.7. The van der Waals surface area contributed by atoms with Gasteiger partial charge >= 0.3 is 6.18 Å². The van der Waals surface area contributed by atoms with Crippen LogP contribution in [0.5, 0.6) is 11.5 Å². The second kappa shape index (κ2) is 6.57. The Balaban J connectivity index is 2.38. The molecular formula is C15H9Cl3F3O. The molecule has 2 aromatic rings. The Bertz CT molecular complexity index is 676. The Hall–Kier alpha value is -1.10. The Morgan fingerprint density at radius 3 is 2.05 bits per heavy atom. The van der Waals surface area contributed by atoms with Crippen molar-refractivity contribution in [1.82, 2.24) is 0 Å². The van der Waals surface area contributed by atoms with Crippen LogP contribution in [0.3, 0.4) is 0 Å². The van der Waals surface area contributed by atoms with Gasteiger partial charge in [-0.05, 0) is 49.2 Å². The molecule has 0 amide bonds. The normalized spacial score (nSPS) is 11.6. The Morgan fingerprint density at radius 1 is 0.955 bits per heavy atom. The van der Waals surface area contributed by atoms with E-state index in [1.54, 1.807) is 18.2 Å². The average molecular weight is 369 g/mol. The monoisotopic (exact) mass is 367 g/mol. The van der Waals surface area contributed by atoms with Crippen molar-refractivity contribution in [1.29, 1.82) is 0 Å². The van der Waals surface area contributed by atoms with Crippen molar-refractivity contribution < 1.29 is 17.9 Å². The lowest BCUT2D eigenvalue weighted by molar-refractivity contribution is -0.137. The second-order valence-electron chi connectivity index (χ2n) is 4.37. The molecule has 7 heteroatoms. The van der Waals surface area contributed by atoms with Crippen LogP contribution < -0.4 is 4.74 Å². The average Bonchev–Trinajstić information content (AvgIpc) is 2.43. The third kappa shape index (κ3) is 3.80. The summed E-state index contributed by atoms with van der Waals surface area (Å²) in [4.78, 5) is 0. The van der Waals surface area contributed by atoms with Gasteiger partial charge < -0.3 is 4.74 Å². The number of rotatable bonds is 3. The molecule has 0 aliphatic heterocycles. The van der Waals surface area contributed by atoms with Gasteiger partial charge in [-0.3, -0.25) is 0 Å². The van der Waals surface area contributed by atoms with E-state index in [4.69, 9.17) is 39.5 Å². The van der Waals surface area contributed by atoms with E-state index in [0.29, 0.717) is 17.2 Å². The third-order valence-corrected chi connectivity index (χ3v) is 3.76. The van der Waals surface area contributed by atoms with Gasteiger partial charge in [-0.2, -0.15) is 13.2 Å². The van der Waals surface area contributed by atoms with Crippen molar-refractivity contribution in [3.05, 3.63) is 63.5 Å². The van der Waals surface area contributed by atoms with Crippen molar-refractivity contribution in [2.75, 3.05) is 0 Å². The fourth-order valence-corrected chi connectivity index (χ4v) is 2.52. The lowest BCUT2D eigenvalue weighted by Gasteiger charge is -2.14. The second-order valence-corrected chi connectivity index (χ2v) is 5.59. The molecule has 0 unspecified atom stereocenters. The zero-order valence-electron chi connectivity index (χ0n) is 11.0. The van der Waals surface area contributed by atoms with Crippen molar-refractivity contribution >= 4 is 34.8 Å². The Morgan fingerprint density at radius 2 is 1.55 bits per heavy atom. The number of halogens is 6. The largest absolute Gasteiger partial charge is 0.454 e. The molecule has 0 aromatic heterocycles. The summed E-state index contributed by atoms with van der Waals surface area (Å²) in [5, 5.41) is 0.0591. The van der Waals surface area contributed by atoms with Crippen LogP contribution in [0.2, 0.25) is 15.1 Å². The van der Waals surface area contributed by atoms with Crippen LogP contribution >= 0.6 is 34.8 Å². The smallest absolute Gasteiger partial charge is 0.416 e. The first kappa shape index (κ1) is 17.3. The highest BCUT2D eigenvalue weighted by Crippen LogP contribution is 2.42. The zero-order valence-corrected chi connectivity index (χ0v) is 13.2. The maximum absolute atomic E-state index is 12.7. The van der Waals surface area contributed by atoms with Crippen LogP contribution in [0.1, 0.15) is 11.1 Å². The maximum Gasteiger partial charge on any atom is 0.416 e. The van der Waals surface area contributed by atoms with Crippen molar-refractivity contribution in [3.8, 4) is 11.5 Å². The molecule has 2 aromatic carbocycles. The summed E-state index contributed by atoms with van der Waals surface area (Å²) in [6.45, 7) is 3.72. The summed E-state index contributed by atoms with van der Waals surface area (Å²) >= 11 is 17.7. The summed E-state index contributed by atoms with van der Waals surface area (Å²) in [5.74, 6) is 0.306. The summed E-state index contributed by atoms with van der Waals surface area (Å²) < 4.78 is 43.5. The molecule has 0 N–H and O–H groups in total. The first-order valence-corrected chi connectivity index (χ1v) is 7.17. The van der Waals surface area contributed by atoms with Gasteiger partial charge in [0, 0.05) is 5.02 Å². The predicted molar refractivity (Wildman–Crippen MR) is 82.1 cm³/mol. The van der Waals surface area contributed by atoms with Gasteiger partial charge in [-0.25, -0.2) is 0 Å². The number of benzene rings is 2. The van der Waals surface area contributed by atoms with Gasteiger partial charge in [0.25, 0.3) is 0 Å². The lowest BCUT2D eigenvalue weighted by Crippen LogP contribution is -2.05. The van der Waals surface area contributed by atoms with Gasteiger partial charge in [0.2, 0.25) is 0 Å². The molecule has 0 fully saturated rings. The van der Waals surface area contributed by atoms with Crippen LogP contribution in [0.25, 0.3) is 0 Å². The van der Waals surface area contributed by atoms with E-state index in [-0.39, 0.29) is 15.8 Å². The highest BCUT2D eigenvalue weighted by Gasteiger charge is 2.32. The van der Waals surface area contributed by atoms with E-state index >= 15 is 0 Å². The summed E-state index contributed by atoms with van der Waals surface area (Å²) in [6.07, 6.45) is -4.10. The fraction of sp³-hybridized carbons (Fsp3) is 0.133. The minimum Gasteiger partial charge on any atom is -0.454 e. The molecule has 22 heavy (non-hydrogen) atoms. The lowest BCUT2D eigenvalue weighted by atomic mass is 10.1. The van der Waals surface area contributed by atoms with Crippen molar-refractivity contribution in [2.45, 2.75) is 12.6 Å². The molecule has 0 saturated carbocycles. The number of alkyl halides is 3. The Labute approximate surface area is 140 Å². The molecule has 0 bridgehead atoms. The minimum atomic E-state index is -4.53. The van der Waals surface area contributed by atoms with Crippen LogP contribution in [-0.4, -0.2) is 0 Å². The van der Waals surface area contributed by atoms with Gasteiger partial charge in [0.15, 0.2) is 5.75 Å². The van der Waals surface area contributed by atoms with Crippen LogP contribution in [0.4, 0.5) is 13.2 Å². The first-order valence-electron chi connectivity index (χ1n) is 6.04. The first-order chi connectivity index (χ1) is 10.2. The van der Waals surface area contributed by atoms with E-state index in [0.717, 1.165) is 17.7 Å². The minimum absolute atomic E-state index is 0.0475. The SMILES string of the molecule is [CH2]Cc1cc(Oc2c(Cl)cc(C(F)(F)F)cc2Cl)ccc1Cl. The molecule has 0 spiro atoms. The van der Waals surface area contributed by atoms with E-state index < -0.39 is 11.7 Å². The van der Waals surface area contributed by atoms with Crippen molar-refractivity contribution in [3.63, 3.8) is 0 Å². The zero-order chi connectivity index (χ0) is 16.5. The molecule has 1 nitrogen and oxygen atoms in total. The highest BCUT2D eigenvalue weighted by atomic mass is 35.5. The highest BCUT2D eigenvalue weighted by molar-refractivity contribution is 6.37. The topological polar surface area (TPSA) is 9.23 Å². The van der Waals surface area contributed by atoms with Gasteiger partial charge in [0.05, 0.1) is 15.6 Å². The molecule has 0 aliphatic rings. The predicted octanol–water partition coefficient (Wildman–Crippen LogP) is 6.83. The quantitative estimate of drug-likeness (QED) is 0.576. The van der Waals surface area contributed by atoms with Crippen LogP contribution in [0.15, 0.2) is 30.3 Å². The molecule has 2 rings (SSSR count). The summed E-state index contributed by atoms with van der Waals surface area (Å²) in [6, 6.07) is 6.32. The van der Waals surface area contributed by atoms with Crippen molar-refractivity contribution in [2.24, 2.45) is 0 Å². The molecule has 0 heterocycles. The van der Waals surface area contributed by atoms with Gasteiger partial charge in [-0.1, -0.05) is 34.8 Å². The summed E-state index contributed by atoms with van der Waals surface area (Å²) in [5.41, 5.74) is -0.206. The van der Waals surface area contributed by atoms with E-state index in [1.165, 1.54) is 0 Å². The fourth-order valence-electron chi connectivity index (χ4n) is 1.75. The molecule has 0 atom stereocenters. The summed E-state index contributed by atoms with van der Waals surface area (Å²) in [7, 11) is 0. The van der Waals surface area contributed by atoms with E-state index in [1.807, 2.05) is 0 Å². The van der Waals surface area contributed by atoms with Gasteiger partial charge in [-0.15, -0.1) is 0 Å². The standard InChI is InChI=1S/C15H9Cl3F3O/c1-2-8-5-10(3-4-11(8)16)22-14-12(17)6-9(7-13(14)18)15(19,20)21/h3-7H,1-2H2.